The van der Waals surface area contributed by atoms with Crippen LogP contribution in [0.2, 0.25) is 0 Å². The van der Waals surface area contributed by atoms with Crippen LogP contribution >= 0.6 is 0 Å². The molecule has 29 heavy (non-hydrogen) atoms. The minimum Gasteiger partial charge on any atom is -0.368 e. The summed E-state index contributed by atoms with van der Waals surface area (Å²) in [6, 6.07) is 16.2. The Morgan fingerprint density at radius 3 is 2.17 bits per heavy atom. The van der Waals surface area contributed by atoms with Crippen LogP contribution in [0.1, 0.15) is 16.2 Å². The molecule has 0 bridgehead atoms. The monoisotopic (exact) mass is 402 g/mol. The molecule has 0 unspecified atom stereocenters. The molecular formula is C20H17F3N4O2. The molecule has 1 aliphatic rings. The van der Waals surface area contributed by atoms with E-state index in [1.54, 1.807) is 17.0 Å². The molecule has 9 heteroatoms. The first-order valence-corrected chi connectivity index (χ1v) is 9.02. The van der Waals surface area contributed by atoms with Crippen LogP contribution in [0.15, 0.2) is 59.1 Å². The maximum absolute atomic E-state index is 12.7. The van der Waals surface area contributed by atoms with E-state index in [0.717, 1.165) is 18.8 Å². The number of alkyl halides is 3. The third kappa shape index (κ3) is 4.08. The molecule has 0 spiro atoms. The lowest BCUT2D eigenvalue weighted by atomic mass is 10.1. The first-order chi connectivity index (χ1) is 13.9. The molecule has 0 aliphatic carbocycles. The van der Waals surface area contributed by atoms with Crippen molar-refractivity contribution in [3.05, 3.63) is 66.1 Å². The summed E-state index contributed by atoms with van der Waals surface area (Å²) >= 11 is 0. The maximum Gasteiger partial charge on any atom is 0.471 e. The van der Waals surface area contributed by atoms with Crippen molar-refractivity contribution < 1.29 is 22.5 Å². The Bertz CT molecular complexity index is 979. The van der Waals surface area contributed by atoms with Crippen LogP contribution in [-0.2, 0) is 6.18 Å². The third-order valence-electron chi connectivity index (χ3n) is 4.75. The van der Waals surface area contributed by atoms with E-state index in [4.69, 9.17) is 0 Å². The molecule has 150 valence electrons. The van der Waals surface area contributed by atoms with Crippen molar-refractivity contribution in [3.63, 3.8) is 0 Å². The van der Waals surface area contributed by atoms with Gasteiger partial charge >= 0.3 is 12.1 Å². The van der Waals surface area contributed by atoms with Crippen molar-refractivity contribution in [3.8, 4) is 11.4 Å². The van der Waals surface area contributed by atoms with E-state index < -0.39 is 12.1 Å². The second kappa shape index (κ2) is 7.57. The first kappa shape index (κ1) is 19.0. The van der Waals surface area contributed by atoms with Gasteiger partial charge in [0, 0.05) is 43.0 Å². The second-order valence-corrected chi connectivity index (χ2v) is 6.61. The van der Waals surface area contributed by atoms with Crippen molar-refractivity contribution in [2.75, 3.05) is 31.1 Å². The number of anilines is 1. The fraction of sp³-hybridized carbons (Fsp3) is 0.250. The highest BCUT2D eigenvalue weighted by Gasteiger charge is 2.38. The van der Waals surface area contributed by atoms with Gasteiger partial charge in [-0.2, -0.15) is 18.2 Å². The molecule has 2 aromatic carbocycles. The smallest absolute Gasteiger partial charge is 0.368 e. The molecule has 0 N–H and O–H groups in total. The average molecular weight is 402 g/mol. The highest BCUT2D eigenvalue weighted by molar-refractivity contribution is 5.94. The van der Waals surface area contributed by atoms with E-state index in [2.05, 4.69) is 19.6 Å². The van der Waals surface area contributed by atoms with Gasteiger partial charge in [0.2, 0.25) is 5.82 Å². The molecule has 1 aromatic heterocycles. The minimum atomic E-state index is -4.69. The molecule has 3 aromatic rings. The first-order valence-electron chi connectivity index (χ1n) is 9.02. The minimum absolute atomic E-state index is 0.117. The molecule has 4 rings (SSSR count). The largest absolute Gasteiger partial charge is 0.471 e. The highest BCUT2D eigenvalue weighted by Crippen LogP contribution is 2.29. The molecule has 1 amide bonds. The summed E-state index contributed by atoms with van der Waals surface area (Å²) in [6.45, 7) is 2.65. The number of piperazine rings is 1. The summed E-state index contributed by atoms with van der Waals surface area (Å²) in [7, 11) is 0. The summed E-state index contributed by atoms with van der Waals surface area (Å²) in [5.41, 5.74) is 1.93. The van der Waals surface area contributed by atoms with E-state index in [-0.39, 0.29) is 11.7 Å². The number of rotatable bonds is 3. The predicted octanol–water partition coefficient (Wildman–Crippen LogP) is 3.72. The van der Waals surface area contributed by atoms with Crippen LogP contribution in [0.25, 0.3) is 11.4 Å². The van der Waals surface area contributed by atoms with E-state index in [0.29, 0.717) is 24.2 Å². The van der Waals surface area contributed by atoms with Crippen LogP contribution in [0.3, 0.4) is 0 Å². The zero-order valence-electron chi connectivity index (χ0n) is 15.3. The number of hydrogen-bond acceptors (Lipinski definition) is 5. The SMILES string of the molecule is O=C(c1ccc(-c2noc(C(F)(F)F)n2)cc1)N1CCN(c2ccccc2)CC1. The molecule has 0 saturated carbocycles. The van der Waals surface area contributed by atoms with E-state index >= 15 is 0 Å². The number of halogens is 3. The number of para-hydroxylation sites is 1. The number of benzene rings is 2. The quantitative estimate of drug-likeness (QED) is 0.668. The molecule has 0 atom stereocenters. The van der Waals surface area contributed by atoms with Gasteiger partial charge in [0.05, 0.1) is 0 Å². The molecule has 6 nitrogen and oxygen atoms in total. The van der Waals surface area contributed by atoms with Crippen LogP contribution < -0.4 is 4.90 Å². The van der Waals surface area contributed by atoms with Crippen molar-refractivity contribution in [1.82, 2.24) is 15.0 Å². The third-order valence-corrected chi connectivity index (χ3v) is 4.75. The number of aromatic nitrogens is 2. The maximum atomic E-state index is 12.7. The van der Waals surface area contributed by atoms with Gasteiger partial charge in [-0.05, 0) is 24.3 Å². The lowest BCUT2D eigenvalue weighted by Crippen LogP contribution is -2.48. The van der Waals surface area contributed by atoms with E-state index in [1.807, 2.05) is 30.3 Å². The zero-order valence-corrected chi connectivity index (χ0v) is 15.3. The number of hydrogen-bond donors (Lipinski definition) is 0. The van der Waals surface area contributed by atoms with Crippen molar-refractivity contribution in [2.45, 2.75) is 6.18 Å². The fourth-order valence-corrected chi connectivity index (χ4v) is 3.21. The van der Waals surface area contributed by atoms with Crippen LogP contribution in [0.5, 0.6) is 0 Å². The van der Waals surface area contributed by atoms with Gasteiger partial charge in [-0.1, -0.05) is 35.5 Å². The van der Waals surface area contributed by atoms with E-state index in [1.165, 1.54) is 12.1 Å². The van der Waals surface area contributed by atoms with E-state index in [9.17, 15) is 18.0 Å². The second-order valence-electron chi connectivity index (χ2n) is 6.61. The molecule has 1 saturated heterocycles. The van der Waals surface area contributed by atoms with Crippen molar-refractivity contribution in [2.24, 2.45) is 0 Å². The highest BCUT2D eigenvalue weighted by atomic mass is 19.4. The van der Waals surface area contributed by atoms with Gasteiger partial charge in [0.1, 0.15) is 0 Å². The number of nitrogens with zero attached hydrogens (tertiary/aromatic N) is 4. The van der Waals surface area contributed by atoms with Crippen molar-refractivity contribution >= 4 is 11.6 Å². The van der Waals surface area contributed by atoms with Gasteiger partial charge in [-0.25, -0.2) is 0 Å². The molecule has 2 heterocycles. The van der Waals surface area contributed by atoms with Crippen LogP contribution in [0.4, 0.5) is 18.9 Å². The predicted molar refractivity (Wildman–Crippen MR) is 99.3 cm³/mol. The molecule has 1 fully saturated rings. The lowest BCUT2D eigenvalue weighted by Gasteiger charge is -2.36. The fourth-order valence-electron chi connectivity index (χ4n) is 3.21. The summed E-state index contributed by atoms with van der Waals surface area (Å²) in [6.07, 6.45) is -4.69. The summed E-state index contributed by atoms with van der Waals surface area (Å²) in [5, 5.41) is 3.35. The average Bonchev–Trinajstić information content (AvgIpc) is 3.25. The van der Waals surface area contributed by atoms with Gasteiger partial charge < -0.3 is 14.3 Å². The Hall–Kier alpha value is -3.36. The Kier molecular flexibility index (Phi) is 4.96. The van der Waals surface area contributed by atoms with Gasteiger partial charge in [0.25, 0.3) is 5.91 Å². The van der Waals surface area contributed by atoms with Crippen LogP contribution in [0, 0.1) is 0 Å². The van der Waals surface area contributed by atoms with Gasteiger partial charge in [-0.3, -0.25) is 4.79 Å². The number of carbonyl (C=O) groups excluding carboxylic acids is 1. The lowest BCUT2D eigenvalue weighted by molar-refractivity contribution is -0.159. The molecular weight excluding hydrogens is 385 g/mol. The van der Waals surface area contributed by atoms with Crippen molar-refractivity contribution in [1.29, 1.82) is 0 Å². The zero-order chi connectivity index (χ0) is 20.4. The summed E-state index contributed by atoms with van der Waals surface area (Å²) in [4.78, 5) is 20.1. The topological polar surface area (TPSA) is 62.5 Å². The molecule has 0 radical (unpaired) electrons. The van der Waals surface area contributed by atoms with Crippen LogP contribution in [-0.4, -0.2) is 47.1 Å². The Morgan fingerprint density at radius 2 is 1.59 bits per heavy atom. The van der Waals surface area contributed by atoms with Gasteiger partial charge in [-0.15, -0.1) is 0 Å². The normalized spacial score (nSPS) is 14.9. The standard InChI is InChI=1S/C20H17F3N4O2/c21-20(22,23)19-24-17(25-29-19)14-6-8-15(9-7-14)18(28)27-12-10-26(11-13-27)16-4-2-1-3-5-16/h1-9H,10-13H2. The number of carbonyl (C=O) groups is 1. The Morgan fingerprint density at radius 1 is 0.931 bits per heavy atom. The number of amides is 1. The summed E-state index contributed by atoms with van der Waals surface area (Å²) < 4.78 is 42.0. The molecule has 1 aliphatic heterocycles. The Labute approximate surface area is 164 Å². The Balaban J connectivity index is 1.40. The summed E-state index contributed by atoms with van der Waals surface area (Å²) in [5.74, 6) is -1.69. The van der Waals surface area contributed by atoms with Gasteiger partial charge in [0.15, 0.2) is 0 Å².